The molecule has 1 aliphatic heterocycles. The molecule has 2 rings (SSSR count). The number of fused-ring (bicyclic) bond motifs is 1. The summed E-state index contributed by atoms with van der Waals surface area (Å²) in [6.45, 7) is 2.15. The van der Waals surface area contributed by atoms with Gasteiger partial charge in [0.2, 0.25) is 0 Å². The first kappa shape index (κ1) is 8.17. The summed E-state index contributed by atoms with van der Waals surface area (Å²) in [5, 5.41) is 1.78. The highest BCUT2D eigenvalue weighted by Gasteiger charge is 2.02. The van der Waals surface area contributed by atoms with Crippen LogP contribution in [0.25, 0.3) is 6.08 Å². The SMILES string of the molecule is CCCc1ccc2c(c1)=CC(=O)N=2. The van der Waals surface area contributed by atoms with Crippen LogP contribution in [0.2, 0.25) is 0 Å². The van der Waals surface area contributed by atoms with E-state index in [2.05, 4.69) is 11.9 Å². The highest BCUT2D eigenvalue weighted by Crippen LogP contribution is 1.98. The number of amides is 1. The second-order valence-electron chi connectivity index (χ2n) is 3.24. The highest BCUT2D eigenvalue weighted by molar-refractivity contribution is 6.06. The third-order valence-electron chi connectivity index (χ3n) is 2.14. The molecule has 1 aromatic rings. The zero-order chi connectivity index (χ0) is 9.26. The number of carbonyl (C=O) groups excluding carboxylic acids is 1. The van der Waals surface area contributed by atoms with Crippen LogP contribution < -0.4 is 10.6 Å². The van der Waals surface area contributed by atoms with E-state index < -0.39 is 0 Å². The molecule has 0 bridgehead atoms. The van der Waals surface area contributed by atoms with Crippen molar-refractivity contribution in [3.8, 4) is 0 Å². The summed E-state index contributed by atoms with van der Waals surface area (Å²) in [6, 6.07) is 6.01. The van der Waals surface area contributed by atoms with Crippen LogP contribution in [-0.2, 0) is 11.2 Å². The second kappa shape index (κ2) is 3.13. The van der Waals surface area contributed by atoms with E-state index in [1.54, 1.807) is 6.08 Å². The topological polar surface area (TPSA) is 29.4 Å². The van der Waals surface area contributed by atoms with Crippen molar-refractivity contribution < 1.29 is 4.79 Å². The lowest BCUT2D eigenvalue weighted by atomic mass is 10.1. The van der Waals surface area contributed by atoms with Crippen LogP contribution in [0.4, 0.5) is 0 Å². The van der Waals surface area contributed by atoms with Crippen LogP contribution in [-0.4, -0.2) is 5.91 Å². The molecule has 2 nitrogen and oxygen atoms in total. The molecule has 13 heavy (non-hydrogen) atoms. The van der Waals surface area contributed by atoms with Gasteiger partial charge in [0.15, 0.2) is 0 Å². The van der Waals surface area contributed by atoms with E-state index in [0.717, 1.165) is 23.4 Å². The summed E-state index contributed by atoms with van der Waals surface area (Å²) in [5.74, 6) is -0.136. The van der Waals surface area contributed by atoms with Gasteiger partial charge < -0.3 is 0 Å². The fraction of sp³-hybridized carbons (Fsp3) is 0.273. The molecule has 0 saturated carbocycles. The maximum Gasteiger partial charge on any atom is 0.270 e. The van der Waals surface area contributed by atoms with Crippen LogP contribution in [0, 0.1) is 0 Å². The number of hydrogen-bond donors (Lipinski definition) is 0. The lowest BCUT2D eigenvalue weighted by Gasteiger charge is -1.95. The zero-order valence-corrected chi connectivity index (χ0v) is 7.58. The predicted molar refractivity (Wildman–Crippen MR) is 50.7 cm³/mol. The minimum absolute atomic E-state index is 0.136. The number of hydrogen-bond acceptors (Lipinski definition) is 1. The van der Waals surface area contributed by atoms with Crippen molar-refractivity contribution in [3.63, 3.8) is 0 Å². The molecule has 66 valence electrons. The lowest BCUT2D eigenvalue weighted by Crippen LogP contribution is -2.21. The molecule has 0 aromatic heterocycles. The van der Waals surface area contributed by atoms with Crippen LogP contribution >= 0.6 is 0 Å². The fourth-order valence-electron chi connectivity index (χ4n) is 1.55. The molecule has 0 fully saturated rings. The summed E-state index contributed by atoms with van der Waals surface area (Å²) >= 11 is 0. The van der Waals surface area contributed by atoms with Gasteiger partial charge in [-0.2, -0.15) is 0 Å². The van der Waals surface area contributed by atoms with Gasteiger partial charge in [-0.05, 0) is 24.1 Å². The molecule has 1 amide bonds. The van der Waals surface area contributed by atoms with Gasteiger partial charge in [0.05, 0.1) is 5.36 Å². The number of benzene rings is 1. The molecule has 2 heteroatoms. The third-order valence-corrected chi connectivity index (χ3v) is 2.14. The van der Waals surface area contributed by atoms with Crippen molar-refractivity contribution >= 4 is 12.0 Å². The first-order valence-corrected chi connectivity index (χ1v) is 4.53. The molecule has 1 aromatic carbocycles. The van der Waals surface area contributed by atoms with Crippen LogP contribution in [0.1, 0.15) is 18.9 Å². The van der Waals surface area contributed by atoms with E-state index in [0.29, 0.717) is 0 Å². The normalized spacial score (nSPS) is 13.5. The van der Waals surface area contributed by atoms with E-state index in [1.165, 1.54) is 5.56 Å². The monoisotopic (exact) mass is 173 g/mol. The van der Waals surface area contributed by atoms with Gasteiger partial charge in [-0.25, -0.2) is 4.99 Å². The molecule has 0 radical (unpaired) electrons. The van der Waals surface area contributed by atoms with E-state index in [9.17, 15) is 4.79 Å². The maximum absolute atomic E-state index is 10.9. The Hall–Kier alpha value is -1.44. The first-order valence-electron chi connectivity index (χ1n) is 4.53. The van der Waals surface area contributed by atoms with Crippen molar-refractivity contribution in [1.29, 1.82) is 0 Å². The Balaban J connectivity index is 2.53. The molecule has 1 heterocycles. The van der Waals surface area contributed by atoms with Gasteiger partial charge >= 0.3 is 0 Å². The van der Waals surface area contributed by atoms with Gasteiger partial charge in [0.1, 0.15) is 0 Å². The van der Waals surface area contributed by atoms with Gasteiger partial charge in [-0.15, -0.1) is 0 Å². The number of aryl methyl sites for hydroxylation is 1. The van der Waals surface area contributed by atoms with Gasteiger partial charge in [-0.3, -0.25) is 4.79 Å². The minimum atomic E-state index is -0.136. The Morgan fingerprint density at radius 3 is 3.00 bits per heavy atom. The Kier molecular flexibility index (Phi) is 1.97. The summed E-state index contributed by atoms with van der Waals surface area (Å²) in [6.07, 6.45) is 3.79. The summed E-state index contributed by atoms with van der Waals surface area (Å²) in [7, 11) is 0. The molecule has 0 atom stereocenters. The largest absolute Gasteiger partial charge is 0.270 e. The van der Waals surface area contributed by atoms with Crippen LogP contribution in [0.5, 0.6) is 0 Å². The first-order chi connectivity index (χ1) is 6.29. The molecule has 1 aliphatic rings. The molecule has 0 spiro atoms. The number of rotatable bonds is 2. The van der Waals surface area contributed by atoms with Crippen LogP contribution in [0.3, 0.4) is 0 Å². The molecule has 0 N–H and O–H groups in total. The third kappa shape index (κ3) is 1.52. The minimum Gasteiger partial charge on any atom is -0.267 e. The quantitative estimate of drug-likeness (QED) is 0.643. The van der Waals surface area contributed by atoms with Gasteiger partial charge in [0, 0.05) is 11.3 Å². The van der Waals surface area contributed by atoms with Crippen molar-refractivity contribution in [2.75, 3.05) is 0 Å². The molecule has 0 saturated heterocycles. The fourth-order valence-corrected chi connectivity index (χ4v) is 1.55. The second-order valence-corrected chi connectivity index (χ2v) is 3.24. The van der Waals surface area contributed by atoms with Crippen molar-refractivity contribution in [3.05, 3.63) is 34.3 Å². The van der Waals surface area contributed by atoms with Crippen LogP contribution in [0.15, 0.2) is 23.2 Å². The molecule has 0 aliphatic carbocycles. The Morgan fingerprint density at radius 2 is 2.23 bits per heavy atom. The predicted octanol–water partition coefficient (Wildman–Crippen LogP) is 0.579. The molecular formula is C11H11NO. The Labute approximate surface area is 76.6 Å². The maximum atomic E-state index is 10.9. The van der Waals surface area contributed by atoms with Crippen molar-refractivity contribution in [1.82, 2.24) is 0 Å². The molecular weight excluding hydrogens is 162 g/mol. The highest BCUT2D eigenvalue weighted by atomic mass is 16.1. The summed E-state index contributed by atoms with van der Waals surface area (Å²) in [4.78, 5) is 14.8. The lowest BCUT2D eigenvalue weighted by molar-refractivity contribution is -0.112. The van der Waals surface area contributed by atoms with E-state index in [-0.39, 0.29) is 5.91 Å². The van der Waals surface area contributed by atoms with E-state index in [1.807, 2.05) is 18.2 Å². The molecule has 0 unspecified atom stereocenters. The Bertz CT molecular complexity index is 459. The van der Waals surface area contributed by atoms with Crippen molar-refractivity contribution in [2.24, 2.45) is 4.99 Å². The zero-order valence-electron chi connectivity index (χ0n) is 7.58. The van der Waals surface area contributed by atoms with E-state index >= 15 is 0 Å². The van der Waals surface area contributed by atoms with Gasteiger partial charge in [0.25, 0.3) is 5.91 Å². The van der Waals surface area contributed by atoms with Gasteiger partial charge in [-0.1, -0.05) is 19.4 Å². The summed E-state index contributed by atoms with van der Waals surface area (Å²) in [5.41, 5.74) is 1.28. The smallest absolute Gasteiger partial charge is 0.267 e. The number of nitrogens with zero attached hydrogens (tertiary/aromatic N) is 1. The summed E-state index contributed by atoms with van der Waals surface area (Å²) < 4.78 is 0. The average Bonchev–Trinajstić information content (AvgIpc) is 2.44. The standard InChI is InChI=1S/C11H11NO/c1-2-3-8-4-5-10-9(6-8)7-11(13)12-10/h4-7H,2-3H2,1H3. The van der Waals surface area contributed by atoms with Crippen molar-refractivity contribution in [2.45, 2.75) is 19.8 Å². The van der Waals surface area contributed by atoms with E-state index in [4.69, 9.17) is 0 Å². The average molecular weight is 173 g/mol. The number of carbonyl (C=O) groups is 1. The Morgan fingerprint density at radius 1 is 1.38 bits per heavy atom.